The van der Waals surface area contributed by atoms with Gasteiger partial charge in [0.05, 0.1) is 31.0 Å². The van der Waals surface area contributed by atoms with Crippen LogP contribution in [0, 0.1) is 17.5 Å². The van der Waals surface area contributed by atoms with Gasteiger partial charge in [0, 0.05) is 47.5 Å². The van der Waals surface area contributed by atoms with Crippen LogP contribution in [-0.4, -0.2) is 79.6 Å². The number of amides is 1. The molecule has 4 unspecified atom stereocenters. The van der Waals surface area contributed by atoms with Crippen molar-refractivity contribution in [3.63, 3.8) is 0 Å². The number of primary amides is 1. The molecule has 3 aromatic heterocycles. The summed E-state index contributed by atoms with van der Waals surface area (Å²) in [6.07, 6.45) is 5.73. The van der Waals surface area contributed by atoms with Gasteiger partial charge in [0.25, 0.3) is 5.91 Å². The van der Waals surface area contributed by atoms with Gasteiger partial charge in [0.15, 0.2) is 22.5 Å². The maximum Gasteiger partial charge on any atom is 0.267 e. The number of nitrogens with zero attached hydrogens (tertiary/aromatic N) is 3. The summed E-state index contributed by atoms with van der Waals surface area (Å²) in [5.41, 5.74) is 7.70. The van der Waals surface area contributed by atoms with E-state index in [1.165, 1.54) is 6.07 Å². The van der Waals surface area contributed by atoms with Crippen LogP contribution in [0.4, 0.5) is 13.2 Å². The van der Waals surface area contributed by atoms with Gasteiger partial charge in [-0.05, 0) is 116 Å². The summed E-state index contributed by atoms with van der Waals surface area (Å²) in [5.74, 6) is -7.56. The molecule has 5 heterocycles. The molecule has 1 amide bonds. The highest BCUT2D eigenvalue weighted by atomic mass is 28.4. The number of aromatic nitrogens is 3. The van der Waals surface area contributed by atoms with Crippen LogP contribution in [0.5, 0.6) is 0 Å². The third kappa shape index (κ3) is 13.7. The minimum absolute atomic E-state index is 0.0583. The Morgan fingerprint density at radius 3 is 1.15 bits per heavy atom. The summed E-state index contributed by atoms with van der Waals surface area (Å²) in [5, 5.41) is 0. The number of hydrogen-bond donors (Lipinski definition) is 1. The summed E-state index contributed by atoms with van der Waals surface area (Å²) in [6, 6.07) is 10.2. The van der Waals surface area contributed by atoms with Gasteiger partial charge in [-0.25, -0.2) is 18.2 Å². The van der Waals surface area contributed by atoms with E-state index in [2.05, 4.69) is 171 Å². The van der Waals surface area contributed by atoms with Gasteiger partial charge in [-0.3, -0.25) is 14.8 Å². The molecule has 18 heteroatoms. The van der Waals surface area contributed by atoms with Crippen molar-refractivity contribution in [1.29, 1.82) is 0 Å². The molecule has 492 valence electrons. The molecule has 0 aliphatic carbocycles. The van der Waals surface area contributed by atoms with Gasteiger partial charge in [0.1, 0.15) is 34.4 Å². The van der Waals surface area contributed by atoms with Gasteiger partial charge in [0.2, 0.25) is 28.2 Å². The predicted molar refractivity (Wildman–Crippen MR) is 364 cm³/mol. The van der Waals surface area contributed by atoms with Crippen molar-refractivity contribution < 1.29 is 45.1 Å². The maximum atomic E-state index is 19.5. The Labute approximate surface area is 533 Å². The molecule has 2 saturated heterocycles. The summed E-state index contributed by atoms with van der Waals surface area (Å²) in [6.45, 7) is 54.5. The van der Waals surface area contributed by atoms with Crippen molar-refractivity contribution in [3.05, 3.63) is 89.4 Å². The summed E-state index contributed by atoms with van der Waals surface area (Å²) in [7, 11) is -10.8. The van der Waals surface area contributed by atoms with Crippen LogP contribution in [0.25, 0.3) is 33.5 Å². The zero-order valence-corrected chi connectivity index (χ0v) is 62.3. The lowest BCUT2D eigenvalue weighted by molar-refractivity contribution is -0.260. The normalized spacial score (nSPS) is 20.4. The molecule has 2 N–H and O–H groups in total. The van der Waals surface area contributed by atoms with E-state index in [9.17, 15) is 4.79 Å². The highest BCUT2D eigenvalue weighted by Crippen LogP contribution is 2.57. The largest absolute Gasteiger partial charge is 0.413 e. The standard InChI is InChI=1S/C70H113F3N4O7Si4/c1-42(2)85(43(3)4,44(5)6)79-40-54-30-26-36-69(81-54,83-87(48(13)14,49(15)16)50(17)18)66-56(32-28-38-75-66)60-61(65(68(74)78)77-64(63(60)73)62-58(71)34-25-35-59(62)72)57-33-29-39-76-67(57)70(84-88(51(19)20,52(21)22)53(23)24)37-27-31-55(82-70)41-80-86(45(7)8,46(9)10)47(11)12/h25,28-29,32-35,38-39,42-55H,26-27,30-31,36-37,40-41H2,1-24H3,(H2,74,78). The van der Waals surface area contributed by atoms with E-state index in [1.807, 2.05) is 0 Å². The van der Waals surface area contributed by atoms with E-state index >= 15 is 13.2 Å². The Morgan fingerprint density at radius 2 is 0.830 bits per heavy atom. The Morgan fingerprint density at radius 1 is 0.500 bits per heavy atom. The lowest BCUT2D eigenvalue weighted by Crippen LogP contribution is -2.57. The zero-order valence-electron chi connectivity index (χ0n) is 58.3. The molecule has 2 aliphatic rings. The number of carbonyl (C=O) groups is 1. The van der Waals surface area contributed by atoms with Crippen LogP contribution in [0.1, 0.15) is 227 Å². The van der Waals surface area contributed by atoms with Crippen LogP contribution in [0.15, 0.2) is 54.9 Å². The molecule has 1 aromatic carbocycles. The average Bonchev–Trinajstić information content (AvgIpc) is 0.736. The molecule has 0 radical (unpaired) electrons. The van der Waals surface area contributed by atoms with Gasteiger partial charge < -0.3 is 32.9 Å². The van der Waals surface area contributed by atoms with E-state index < -0.39 is 97.4 Å². The summed E-state index contributed by atoms with van der Waals surface area (Å²) >= 11 is 0. The van der Waals surface area contributed by atoms with Crippen molar-refractivity contribution >= 4 is 39.2 Å². The zero-order chi connectivity index (χ0) is 66.0. The number of benzene rings is 1. The third-order valence-corrected chi connectivity index (χ3v) is 45.1. The molecule has 11 nitrogen and oxygen atoms in total. The minimum atomic E-state index is -3.00. The van der Waals surface area contributed by atoms with E-state index in [4.69, 9.17) is 42.9 Å². The highest BCUT2D eigenvalue weighted by Gasteiger charge is 2.58. The fraction of sp³-hybridized carbons (Fsp3) is 0.686. The van der Waals surface area contributed by atoms with Gasteiger partial charge in [-0.2, -0.15) is 0 Å². The molecule has 88 heavy (non-hydrogen) atoms. The summed E-state index contributed by atoms with van der Waals surface area (Å²) < 4.78 is 98.9. The predicted octanol–water partition coefficient (Wildman–Crippen LogP) is 20.6. The van der Waals surface area contributed by atoms with Crippen molar-refractivity contribution in [2.45, 2.75) is 295 Å². The Kier molecular flexibility index (Phi) is 24.5. The monoisotopic (exact) mass is 1290 g/mol. The second kappa shape index (κ2) is 29.2. The first-order chi connectivity index (χ1) is 41.0. The van der Waals surface area contributed by atoms with Crippen LogP contribution in [0.3, 0.4) is 0 Å². The van der Waals surface area contributed by atoms with Crippen molar-refractivity contribution in [2.75, 3.05) is 13.2 Å². The van der Waals surface area contributed by atoms with E-state index in [0.717, 1.165) is 12.1 Å². The van der Waals surface area contributed by atoms with Crippen LogP contribution in [-0.2, 0) is 38.8 Å². The molecule has 0 spiro atoms. The Balaban J connectivity index is 1.80. The van der Waals surface area contributed by atoms with E-state index in [0.29, 0.717) is 90.7 Å². The Bertz CT molecular complexity index is 2890. The van der Waals surface area contributed by atoms with Crippen LogP contribution < -0.4 is 5.73 Å². The number of pyridine rings is 3. The van der Waals surface area contributed by atoms with Crippen LogP contribution in [0.2, 0.25) is 66.5 Å². The molecule has 4 atom stereocenters. The topological polar surface area (TPSA) is 137 Å². The molecule has 2 aliphatic heterocycles. The fourth-order valence-corrected chi connectivity index (χ4v) is 39.4. The Hall–Kier alpha value is -3.44. The minimum Gasteiger partial charge on any atom is -0.413 e. The molecule has 0 saturated carbocycles. The van der Waals surface area contributed by atoms with Gasteiger partial charge in [-0.1, -0.05) is 184 Å². The van der Waals surface area contributed by atoms with Gasteiger partial charge >= 0.3 is 0 Å². The van der Waals surface area contributed by atoms with Crippen LogP contribution >= 0.6 is 0 Å². The number of ether oxygens (including phenoxy) is 2. The molecule has 6 rings (SSSR count). The number of hydrogen-bond acceptors (Lipinski definition) is 10. The van der Waals surface area contributed by atoms with Crippen molar-refractivity contribution in [1.82, 2.24) is 15.0 Å². The number of carbonyl (C=O) groups excluding carboxylic acids is 1. The average molecular weight is 1290 g/mol. The number of nitrogens with two attached hydrogens (primary N) is 1. The lowest BCUT2D eigenvalue weighted by Gasteiger charge is -2.52. The van der Waals surface area contributed by atoms with E-state index in [1.54, 1.807) is 36.7 Å². The fourth-order valence-electron chi connectivity index (χ4n) is 17.4. The first kappa shape index (κ1) is 73.6. The lowest BCUT2D eigenvalue weighted by atomic mass is 9.85. The molecule has 0 bridgehead atoms. The highest BCUT2D eigenvalue weighted by molar-refractivity contribution is 6.79. The maximum absolute atomic E-state index is 19.5. The molecular formula is C70H113F3N4O7Si4. The van der Waals surface area contributed by atoms with Crippen molar-refractivity contribution in [3.8, 4) is 33.5 Å². The van der Waals surface area contributed by atoms with Crippen molar-refractivity contribution in [2.24, 2.45) is 5.73 Å². The molecule has 4 aromatic rings. The second-order valence-electron chi connectivity index (χ2n) is 29.5. The molecular weight excluding hydrogens is 1180 g/mol. The number of rotatable bonds is 28. The smallest absolute Gasteiger partial charge is 0.267 e. The second-order valence-corrected chi connectivity index (χ2v) is 51.2. The first-order valence-corrected chi connectivity index (χ1v) is 42.0. The third-order valence-electron chi connectivity index (χ3n) is 20.8. The number of halogens is 3. The quantitative estimate of drug-likeness (QED) is 0.0547. The van der Waals surface area contributed by atoms with E-state index in [-0.39, 0.29) is 61.2 Å². The molecule has 2 fully saturated rings. The first-order valence-electron chi connectivity index (χ1n) is 33.5. The SMILES string of the molecule is CC(C)[Si](OCC1CCCC(O[Si](C(C)C)(C(C)C)C(C)C)(c2ncccc2-c2c(C(N)=O)nc(-c3c(F)cccc3F)c(F)c2-c2cccnc2C2(O[Si](C(C)C)(C(C)C)C(C)C)CCCC(CO[Si](C(C)C)(C(C)C)C(C)C)O2)O1)(C(C)C)C(C)C. The summed E-state index contributed by atoms with van der Waals surface area (Å²) in [4.78, 5) is 30.0. The van der Waals surface area contributed by atoms with Gasteiger partial charge in [-0.15, -0.1) is 0 Å².